The van der Waals surface area contributed by atoms with Crippen LogP contribution in [0.4, 0.5) is 8.78 Å². The van der Waals surface area contributed by atoms with Crippen LogP contribution in [-0.4, -0.2) is 15.9 Å². The smallest absolute Gasteiger partial charge is 0.349 e. The highest BCUT2D eigenvalue weighted by atomic mass is 19.1. The number of aromatic nitrogens is 2. The molecule has 0 saturated heterocycles. The third-order valence-corrected chi connectivity index (χ3v) is 8.61. The molecule has 2 aromatic rings. The van der Waals surface area contributed by atoms with Gasteiger partial charge in [-0.1, -0.05) is 64.0 Å². The topological polar surface area (TPSA) is 75.9 Å². The second-order valence-corrected chi connectivity index (χ2v) is 11.3. The van der Waals surface area contributed by atoms with Gasteiger partial charge in [-0.05, 0) is 79.9 Å². The van der Waals surface area contributed by atoms with Crippen molar-refractivity contribution in [2.24, 2.45) is 23.7 Å². The van der Waals surface area contributed by atoms with Gasteiger partial charge in [-0.25, -0.2) is 23.5 Å². The summed E-state index contributed by atoms with van der Waals surface area (Å²) in [5.41, 5.74) is -0.393. The summed E-state index contributed by atoms with van der Waals surface area (Å²) < 4.78 is 34.4. The van der Waals surface area contributed by atoms with Gasteiger partial charge in [0.15, 0.2) is 5.75 Å². The third kappa shape index (κ3) is 8.17. The molecule has 2 aliphatic rings. The molecule has 39 heavy (non-hydrogen) atoms. The van der Waals surface area contributed by atoms with Crippen molar-refractivity contribution in [3.63, 3.8) is 0 Å². The summed E-state index contributed by atoms with van der Waals surface area (Å²) in [4.78, 5) is 19.7. The quantitative estimate of drug-likeness (QED) is 0.225. The monoisotopic (exact) mass is 535 g/mol. The Morgan fingerprint density at radius 1 is 0.974 bits per heavy atom. The maximum absolute atomic E-state index is 14.7. The summed E-state index contributed by atoms with van der Waals surface area (Å²) in [5, 5.41) is 8.73. The summed E-state index contributed by atoms with van der Waals surface area (Å²) in [6.45, 7) is 2.27. The number of halogens is 2. The fourth-order valence-corrected chi connectivity index (χ4v) is 6.33. The van der Waals surface area contributed by atoms with Crippen molar-refractivity contribution in [2.45, 2.75) is 90.4 Å². The van der Waals surface area contributed by atoms with Crippen molar-refractivity contribution in [3.8, 4) is 11.8 Å². The number of carbonyl (C=O) groups excluding carboxylic acids is 1. The van der Waals surface area contributed by atoms with Gasteiger partial charge in [-0.2, -0.15) is 5.26 Å². The first kappa shape index (κ1) is 28.9. The summed E-state index contributed by atoms with van der Waals surface area (Å²) in [7, 11) is 0. The number of rotatable bonds is 10. The minimum Gasteiger partial charge on any atom is -0.419 e. The van der Waals surface area contributed by atoms with Crippen LogP contribution in [0, 0.1) is 46.6 Å². The van der Waals surface area contributed by atoms with Crippen molar-refractivity contribution in [1.82, 2.24) is 9.97 Å². The van der Waals surface area contributed by atoms with E-state index in [9.17, 15) is 13.6 Å². The number of nitrogens with zero attached hydrogens (tertiary/aromatic N) is 3. The first-order valence-corrected chi connectivity index (χ1v) is 14.6. The lowest BCUT2D eigenvalue weighted by atomic mass is 9.68. The molecule has 1 aromatic heterocycles. The lowest BCUT2D eigenvalue weighted by molar-refractivity contribution is 0.0723. The van der Waals surface area contributed by atoms with Crippen molar-refractivity contribution in [3.05, 3.63) is 59.2 Å². The van der Waals surface area contributed by atoms with Gasteiger partial charge >= 0.3 is 5.97 Å². The molecule has 4 rings (SSSR count). The zero-order valence-electron chi connectivity index (χ0n) is 22.9. The third-order valence-electron chi connectivity index (χ3n) is 8.61. The summed E-state index contributed by atoms with van der Waals surface area (Å²) in [6, 6.07) is 4.04. The fourth-order valence-electron chi connectivity index (χ4n) is 6.33. The lowest BCUT2D eigenvalue weighted by Crippen LogP contribution is -2.25. The Labute approximate surface area is 230 Å². The SMILES string of the molecule is CCCCCCC1CCC(C2CCC(/C=C/c3cc(F)c(C(=O)Oc4cnc(C#N)nc4)c(F)c3)CC2)CC1. The zero-order valence-corrected chi connectivity index (χ0v) is 22.9. The van der Waals surface area contributed by atoms with E-state index in [0.717, 1.165) is 55.1 Å². The molecule has 2 saturated carbocycles. The van der Waals surface area contributed by atoms with Gasteiger partial charge in [0.1, 0.15) is 23.3 Å². The molecule has 1 aromatic carbocycles. The Morgan fingerprint density at radius 2 is 1.59 bits per heavy atom. The standard InChI is InChI=1S/C32H39F2N3O2/c1-2-3-4-5-6-22-9-13-25(14-10-22)26-15-11-23(12-16-26)7-8-24-17-28(33)31(29(34)18-24)32(38)39-27-20-36-30(19-35)37-21-27/h7-8,17-18,20-23,25-26H,2-6,9-16H2,1H3/b8-7+. The van der Waals surface area contributed by atoms with Crippen LogP contribution in [0.2, 0.25) is 0 Å². The highest BCUT2D eigenvalue weighted by molar-refractivity contribution is 5.91. The highest BCUT2D eigenvalue weighted by Gasteiger charge is 2.30. The molecule has 1 heterocycles. The van der Waals surface area contributed by atoms with Crippen LogP contribution < -0.4 is 4.74 Å². The Bertz CT molecular complexity index is 1140. The van der Waals surface area contributed by atoms with Crippen molar-refractivity contribution >= 4 is 12.0 Å². The molecule has 2 aliphatic carbocycles. The number of hydrogen-bond acceptors (Lipinski definition) is 5. The van der Waals surface area contributed by atoms with Crippen molar-refractivity contribution < 1.29 is 18.3 Å². The molecule has 2 fully saturated rings. The van der Waals surface area contributed by atoms with Gasteiger partial charge in [-0.15, -0.1) is 0 Å². The van der Waals surface area contributed by atoms with E-state index in [1.807, 2.05) is 0 Å². The number of nitriles is 1. The van der Waals surface area contributed by atoms with E-state index >= 15 is 0 Å². The first-order chi connectivity index (χ1) is 19.0. The molecule has 0 aliphatic heterocycles. The zero-order chi connectivity index (χ0) is 27.6. The minimum atomic E-state index is -1.18. The van der Waals surface area contributed by atoms with Crippen LogP contribution in [-0.2, 0) is 0 Å². The molecule has 5 nitrogen and oxygen atoms in total. The van der Waals surface area contributed by atoms with E-state index < -0.39 is 23.2 Å². The largest absolute Gasteiger partial charge is 0.419 e. The van der Waals surface area contributed by atoms with Gasteiger partial charge in [0.25, 0.3) is 0 Å². The van der Waals surface area contributed by atoms with Crippen molar-refractivity contribution in [2.75, 3.05) is 0 Å². The number of ether oxygens (including phenoxy) is 1. The number of carbonyl (C=O) groups is 1. The predicted octanol–water partition coefficient (Wildman–Crippen LogP) is 8.44. The molecule has 0 bridgehead atoms. The van der Waals surface area contributed by atoms with Gasteiger partial charge in [0.2, 0.25) is 5.82 Å². The molecule has 208 valence electrons. The second kappa shape index (κ2) is 14.3. The van der Waals surface area contributed by atoms with Crippen molar-refractivity contribution in [1.29, 1.82) is 5.26 Å². The van der Waals surface area contributed by atoms with E-state index in [4.69, 9.17) is 10.00 Å². The molecule has 0 N–H and O–H groups in total. The minimum absolute atomic E-state index is 0.104. The fraction of sp³-hybridized carbons (Fsp3) is 0.562. The Hall–Kier alpha value is -3.14. The van der Waals surface area contributed by atoms with Crippen LogP contribution in [0.3, 0.4) is 0 Å². The van der Waals surface area contributed by atoms with Gasteiger partial charge in [0.05, 0.1) is 12.4 Å². The average Bonchev–Trinajstić information content (AvgIpc) is 2.95. The van der Waals surface area contributed by atoms with E-state index in [0.29, 0.717) is 11.5 Å². The summed E-state index contributed by atoms with van der Waals surface area (Å²) in [5.74, 6) is -0.332. The first-order valence-electron chi connectivity index (χ1n) is 14.6. The van der Waals surface area contributed by atoms with Crippen LogP contribution in [0.1, 0.15) is 112 Å². The van der Waals surface area contributed by atoms with Crippen LogP contribution in [0.15, 0.2) is 30.6 Å². The summed E-state index contributed by atoms with van der Waals surface area (Å²) >= 11 is 0. The maximum atomic E-state index is 14.7. The highest BCUT2D eigenvalue weighted by Crippen LogP contribution is 2.42. The van der Waals surface area contributed by atoms with E-state index in [1.165, 1.54) is 70.6 Å². The van der Waals surface area contributed by atoms with Gasteiger partial charge < -0.3 is 4.74 Å². The van der Waals surface area contributed by atoms with Gasteiger partial charge in [-0.3, -0.25) is 0 Å². The number of unbranched alkanes of at least 4 members (excludes halogenated alkanes) is 3. The molecular weight excluding hydrogens is 496 g/mol. The molecule has 0 atom stereocenters. The maximum Gasteiger partial charge on any atom is 0.349 e. The van der Waals surface area contributed by atoms with Gasteiger partial charge in [0, 0.05) is 0 Å². The van der Waals surface area contributed by atoms with E-state index in [2.05, 4.69) is 23.0 Å². The number of benzene rings is 1. The predicted molar refractivity (Wildman–Crippen MR) is 147 cm³/mol. The van der Waals surface area contributed by atoms with Crippen LogP contribution >= 0.6 is 0 Å². The van der Waals surface area contributed by atoms with E-state index in [1.54, 1.807) is 12.1 Å². The number of allylic oxidation sites excluding steroid dienone is 1. The molecule has 0 radical (unpaired) electrons. The molecule has 0 amide bonds. The average molecular weight is 536 g/mol. The molecule has 0 unspecified atom stereocenters. The van der Waals surface area contributed by atoms with Crippen LogP contribution in [0.25, 0.3) is 6.08 Å². The van der Waals surface area contributed by atoms with E-state index in [-0.39, 0.29) is 11.6 Å². The normalized spacial score (nSPS) is 23.4. The molecule has 0 spiro atoms. The van der Waals surface area contributed by atoms with Crippen LogP contribution in [0.5, 0.6) is 5.75 Å². The number of hydrogen-bond donors (Lipinski definition) is 0. The molecule has 7 heteroatoms. The Balaban J connectivity index is 1.24. The Kier molecular flexibility index (Phi) is 10.6. The molecular formula is C32H39F2N3O2. The Morgan fingerprint density at radius 3 is 2.18 bits per heavy atom. The number of esters is 1. The summed E-state index contributed by atoms with van der Waals surface area (Å²) in [6.07, 6.45) is 23.1. The lowest BCUT2D eigenvalue weighted by Gasteiger charge is -2.37. The second-order valence-electron chi connectivity index (χ2n) is 11.3.